The van der Waals surface area contributed by atoms with Crippen LogP contribution in [0.1, 0.15) is 426 Å². The monoisotopic (exact) mass is 1540 g/mol. The molecule has 0 rings (SSSR count). The summed E-state index contributed by atoms with van der Waals surface area (Å²) in [4.78, 5) is 73.2. The molecule has 17 nitrogen and oxygen atoms in total. The second-order valence-electron chi connectivity index (χ2n) is 29.9. The average Bonchev–Trinajstić information content (AvgIpc) is 0.905. The molecule has 19 heteroatoms. The van der Waals surface area contributed by atoms with Crippen molar-refractivity contribution < 1.29 is 80.2 Å². The minimum Gasteiger partial charge on any atom is -0.462 e. The second-order valence-corrected chi connectivity index (χ2v) is 32.8. The van der Waals surface area contributed by atoms with Crippen molar-refractivity contribution in [1.82, 2.24) is 0 Å². The smallest absolute Gasteiger partial charge is 0.462 e. The van der Waals surface area contributed by atoms with Gasteiger partial charge in [0.05, 0.1) is 26.4 Å². The van der Waals surface area contributed by atoms with E-state index in [0.29, 0.717) is 32.1 Å². The van der Waals surface area contributed by atoms with Crippen molar-refractivity contribution in [3.8, 4) is 0 Å². The Hall–Kier alpha value is -2.98. The molecule has 0 saturated heterocycles. The summed E-state index contributed by atoms with van der Waals surface area (Å²) in [5.74, 6) is -2.18. The van der Waals surface area contributed by atoms with Crippen LogP contribution in [0.15, 0.2) is 48.6 Å². The van der Waals surface area contributed by atoms with E-state index in [2.05, 4.69) is 64.2 Å². The van der Waals surface area contributed by atoms with E-state index in [-0.39, 0.29) is 25.7 Å². The number of aliphatic hydroxyl groups is 1. The predicted octanol–water partition coefficient (Wildman–Crippen LogP) is 26.0. The van der Waals surface area contributed by atoms with Gasteiger partial charge in [0.2, 0.25) is 0 Å². The van der Waals surface area contributed by atoms with Crippen LogP contribution in [0.2, 0.25) is 0 Å². The Balaban J connectivity index is 5.35. The van der Waals surface area contributed by atoms with Gasteiger partial charge in [0.1, 0.15) is 19.3 Å². The van der Waals surface area contributed by atoms with Gasteiger partial charge in [0.15, 0.2) is 12.2 Å². The van der Waals surface area contributed by atoms with E-state index in [9.17, 15) is 43.2 Å². The van der Waals surface area contributed by atoms with Gasteiger partial charge in [-0.2, -0.15) is 0 Å². The molecule has 0 fully saturated rings. The van der Waals surface area contributed by atoms with Gasteiger partial charge in [0, 0.05) is 25.7 Å². The standard InChI is InChI=1S/C87H162O17P2/c1-5-9-13-17-21-25-29-33-37-40-44-48-52-56-60-64-68-72-85(90)98-78-83(104-87(92)74-70-66-62-58-54-50-46-42-39-35-31-27-23-19-15-11-7-3)80-102-106(95,96)100-76-81(88)75-99-105(93,94)101-79-82(77-97-84(89)71-67-63-59-55-51-47-43-36-32-28-24-20-16-12-8-4)103-86(91)73-69-65-61-57-53-49-45-41-38-34-30-26-22-18-14-10-6-2/h21,25,33,37,44,48,56,60,81-83,88H,5-20,22-24,26-32,34-36,38-43,45-47,49-55,57-59,61-80H2,1-4H3,(H,93,94)(H,95,96)/b25-21-,37-33-,48-44-,60-56-/t81-,82+,83+/m0/s1. The van der Waals surface area contributed by atoms with E-state index in [1.165, 1.54) is 244 Å². The van der Waals surface area contributed by atoms with Crippen LogP contribution in [0.25, 0.3) is 0 Å². The highest BCUT2D eigenvalue weighted by Gasteiger charge is 2.30. The lowest BCUT2D eigenvalue weighted by Gasteiger charge is -2.21. The number of hydrogen-bond donors (Lipinski definition) is 3. The molecule has 0 aromatic rings. The zero-order chi connectivity index (χ0) is 77.4. The number of carbonyl (C=O) groups excluding carboxylic acids is 4. The second kappa shape index (κ2) is 80.1. The van der Waals surface area contributed by atoms with Gasteiger partial charge in [-0.05, 0) is 64.2 Å². The van der Waals surface area contributed by atoms with Gasteiger partial charge in [-0.1, -0.05) is 385 Å². The molecule has 5 atom stereocenters. The maximum atomic E-state index is 13.1. The van der Waals surface area contributed by atoms with E-state index >= 15 is 0 Å². The molecular formula is C87H162O17P2. The Morgan fingerprint density at radius 1 is 0.264 bits per heavy atom. The molecule has 0 saturated carbocycles. The zero-order valence-corrected chi connectivity index (χ0v) is 70.2. The molecule has 0 bridgehead atoms. The third-order valence-corrected chi connectivity index (χ3v) is 21.2. The predicted molar refractivity (Wildman–Crippen MR) is 437 cm³/mol. The summed E-state index contributed by atoms with van der Waals surface area (Å²) in [6, 6.07) is 0. The van der Waals surface area contributed by atoms with Crippen molar-refractivity contribution in [2.24, 2.45) is 0 Å². The van der Waals surface area contributed by atoms with Crippen molar-refractivity contribution in [1.29, 1.82) is 0 Å². The van der Waals surface area contributed by atoms with Crippen LogP contribution in [0.4, 0.5) is 0 Å². The van der Waals surface area contributed by atoms with Crippen LogP contribution < -0.4 is 0 Å². The number of esters is 4. The summed E-state index contributed by atoms with van der Waals surface area (Å²) in [5.41, 5.74) is 0. The molecule has 0 heterocycles. The van der Waals surface area contributed by atoms with Crippen LogP contribution in [0, 0.1) is 0 Å². The zero-order valence-electron chi connectivity index (χ0n) is 68.4. The lowest BCUT2D eigenvalue weighted by molar-refractivity contribution is -0.161. The number of hydrogen-bond acceptors (Lipinski definition) is 15. The van der Waals surface area contributed by atoms with E-state index in [4.69, 9.17) is 37.0 Å². The van der Waals surface area contributed by atoms with E-state index in [0.717, 1.165) is 96.3 Å². The molecule has 622 valence electrons. The van der Waals surface area contributed by atoms with Crippen molar-refractivity contribution in [3.05, 3.63) is 48.6 Å². The molecule has 0 amide bonds. The topological polar surface area (TPSA) is 237 Å². The van der Waals surface area contributed by atoms with Gasteiger partial charge >= 0.3 is 39.5 Å². The Kier molecular flexibility index (Phi) is 77.8. The first-order valence-corrected chi connectivity index (χ1v) is 46.9. The number of aliphatic hydroxyl groups excluding tert-OH is 1. The van der Waals surface area contributed by atoms with Gasteiger partial charge in [0.25, 0.3) is 0 Å². The Bertz CT molecular complexity index is 2190. The van der Waals surface area contributed by atoms with Crippen molar-refractivity contribution in [2.75, 3.05) is 39.6 Å². The fourth-order valence-electron chi connectivity index (χ4n) is 12.6. The van der Waals surface area contributed by atoms with Gasteiger partial charge in [-0.15, -0.1) is 0 Å². The molecule has 0 radical (unpaired) electrons. The minimum absolute atomic E-state index is 0.0918. The van der Waals surface area contributed by atoms with Gasteiger partial charge in [-0.3, -0.25) is 37.3 Å². The fourth-order valence-corrected chi connectivity index (χ4v) is 14.2. The number of carbonyl (C=O) groups is 4. The number of rotatable bonds is 84. The highest BCUT2D eigenvalue weighted by Crippen LogP contribution is 2.45. The molecule has 0 aliphatic carbocycles. The van der Waals surface area contributed by atoms with E-state index in [1.807, 2.05) is 12.2 Å². The normalized spacial score (nSPS) is 14.0. The summed E-state index contributed by atoms with van der Waals surface area (Å²) in [6.45, 7) is 4.93. The number of ether oxygens (including phenoxy) is 4. The van der Waals surface area contributed by atoms with Crippen molar-refractivity contribution in [3.63, 3.8) is 0 Å². The molecule has 0 aromatic heterocycles. The highest BCUT2D eigenvalue weighted by molar-refractivity contribution is 7.47. The minimum atomic E-state index is -4.98. The third kappa shape index (κ3) is 79.1. The van der Waals surface area contributed by atoms with E-state index in [1.54, 1.807) is 0 Å². The maximum Gasteiger partial charge on any atom is 0.472 e. The maximum absolute atomic E-state index is 13.1. The third-order valence-electron chi connectivity index (χ3n) is 19.3. The van der Waals surface area contributed by atoms with Crippen LogP contribution in [-0.4, -0.2) is 96.7 Å². The summed E-state index contributed by atoms with van der Waals surface area (Å²) >= 11 is 0. The summed E-state index contributed by atoms with van der Waals surface area (Å²) in [7, 11) is -9.96. The molecule has 0 aromatic carbocycles. The number of phosphoric acid groups is 2. The number of unbranched alkanes of at least 4 members (excludes halogenated alkanes) is 50. The van der Waals surface area contributed by atoms with Gasteiger partial charge in [-0.25, -0.2) is 9.13 Å². The molecule has 0 spiro atoms. The molecule has 0 aliphatic rings. The molecule has 0 aliphatic heterocycles. The van der Waals surface area contributed by atoms with Crippen LogP contribution in [0.3, 0.4) is 0 Å². The first kappa shape index (κ1) is 103. The molecular weight excluding hydrogens is 1380 g/mol. The average molecular weight is 1540 g/mol. The molecule has 3 N–H and O–H groups in total. The van der Waals surface area contributed by atoms with E-state index < -0.39 is 97.5 Å². The SMILES string of the molecule is CCCCC/C=C\C/C=C\C/C=C\C/C=C\CCCC(=O)OC[C@H](COP(=O)(O)OC[C@@H](O)COP(=O)(O)OC[C@@H](COC(=O)CCCCCCCCCCCCCCCCC)OC(=O)CCCCCCCCCCCCCCCCCCC)OC(=O)CCCCCCCCCCCCCCCCCCC. The van der Waals surface area contributed by atoms with Crippen LogP contribution in [-0.2, 0) is 65.4 Å². The lowest BCUT2D eigenvalue weighted by Crippen LogP contribution is -2.30. The summed E-state index contributed by atoms with van der Waals surface area (Å²) < 4.78 is 68.8. The first-order valence-electron chi connectivity index (χ1n) is 43.9. The van der Waals surface area contributed by atoms with Crippen molar-refractivity contribution in [2.45, 2.75) is 444 Å². The fraction of sp³-hybridized carbons (Fsp3) is 0.862. The Morgan fingerprint density at radius 3 is 0.745 bits per heavy atom. The first-order chi connectivity index (χ1) is 51.7. The van der Waals surface area contributed by atoms with Gasteiger partial charge < -0.3 is 33.8 Å². The Morgan fingerprint density at radius 2 is 0.472 bits per heavy atom. The molecule has 2 unspecified atom stereocenters. The summed E-state index contributed by atoms with van der Waals surface area (Å²) in [5, 5.41) is 10.7. The highest BCUT2D eigenvalue weighted by atomic mass is 31.2. The Labute approximate surface area is 648 Å². The summed E-state index contributed by atoms with van der Waals surface area (Å²) in [6.07, 6.45) is 80.7. The van der Waals surface area contributed by atoms with Crippen molar-refractivity contribution >= 4 is 39.5 Å². The number of allylic oxidation sites excluding steroid dienone is 8. The number of phosphoric ester groups is 2. The quantitative estimate of drug-likeness (QED) is 0.0169. The van der Waals surface area contributed by atoms with Crippen LogP contribution >= 0.6 is 15.6 Å². The lowest BCUT2D eigenvalue weighted by atomic mass is 10.0. The largest absolute Gasteiger partial charge is 0.472 e. The molecule has 106 heavy (non-hydrogen) atoms. The van der Waals surface area contributed by atoms with Crippen LogP contribution in [0.5, 0.6) is 0 Å².